The molecular formula is C11H12N2O. The van der Waals surface area contributed by atoms with Gasteiger partial charge in [0.25, 0.3) is 5.56 Å². The summed E-state index contributed by atoms with van der Waals surface area (Å²) >= 11 is 0. The van der Waals surface area contributed by atoms with Crippen molar-refractivity contribution in [2.24, 2.45) is 7.05 Å². The van der Waals surface area contributed by atoms with Crippen molar-refractivity contribution in [2.75, 3.05) is 5.73 Å². The van der Waals surface area contributed by atoms with E-state index in [9.17, 15) is 4.79 Å². The van der Waals surface area contributed by atoms with Gasteiger partial charge in [-0.25, -0.2) is 0 Å². The van der Waals surface area contributed by atoms with Gasteiger partial charge in [-0.1, -0.05) is 11.6 Å². The molecule has 2 rings (SSSR count). The fourth-order valence-electron chi connectivity index (χ4n) is 1.60. The standard InChI is InChI=1S/C11H12N2O/c1-7-3-4-10-8(5-7)9(12)6-11(14)13(10)2/h3-6H,12H2,1-2H3. The topological polar surface area (TPSA) is 48.0 Å². The van der Waals surface area contributed by atoms with Crippen LogP contribution in [-0.4, -0.2) is 4.57 Å². The summed E-state index contributed by atoms with van der Waals surface area (Å²) in [6, 6.07) is 7.34. The first-order valence-corrected chi connectivity index (χ1v) is 4.45. The second-order valence-electron chi connectivity index (χ2n) is 3.52. The van der Waals surface area contributed by atoms with Crippen molar-refractivity contribution in [1.82, 2.24) is 4.57 Å². The SMILES string of the molecule is Cc1ccc2c(c1)c(N)cc(=O)n2C. The molecule has 0 saturated heterocycles. The molecule has 2 N–H and O–H groups in total. The average molecular weight is 188 g/mol. The summed E-state index contributed by atoms with van der Waals surface area (Å²) in [5.41, 5.74) is 8.28. The Labute approximate surface area is 81.8 Å². The van der Waals surface area contributed by atoms with E-state index in [1.165, 1.54) is 6.07 Å². The number of anilines is 1. The zero-order valence-electron chi connectivity index (χ0n) is 8.24. The summed E-state index contributed by atoms with van der Waals surface area (Å²) in [5, 5.41) is 0.937. The molecule has 0 atom stereocenters. The van der Waals surface area contributed by atoms with E-state index in [1.807, 2.05) is 25.1 Å². The molecule has 1 heterocycles. The van der Waals surface area contributed by atoms with Crippen LogP contribution in [0.2, 0.25) is 0 Å². The molecule has 0 unspecified atom stereocenters. The van der Waals surface area contributed by atoms with E-state index in [0.717, 1.165) is 16.5 Å². The number of pyridine rings is 1. The van der Waals surface area contributed by atoms with Gasteiger partial charge in [-0.2, -0.15) is 0 Å². The fourth-order valence-corrected chi connectivity index (χ4v) is 1.60. The van der Waals surface area contributed by atoms with Gasteiger partial charge in [-0.05, 0) is 19.1 Å². The molecule has 0 radical (unpaired) electrons. The maximum Gasteiger partial charge on any atom is 0.252 e. The maximum atomic E-state index is 11.4. The molecule has 0 aliphatic rings. The Kier molecular flexibility index (Phi) is 1.81. The summed E-state index contributed by atoms with van der Waals surface area (Å²) in [5.74, 6) is 0. The third-order valence-electron chi connectivity index (χ3n) is 2.43. The van der Waals surface area contributed by atoms with Crippen molar-refractivity contribution in [3.05, 3.63) is 40.2 Å². The Balaban J connectivity index is 3.02. The van der Waals surface area contributed by atoms with Crippen LogP contribution in [0.3, 0.4) is 0 Å². The molecule has 0 fully saturated rings. The van der Waals surface area contributed by atoms with E-state index in [4.69, 9.17) is 5.73 Å². The lowest BCUT2D eigenvalue weighted by Gasteiger charge is -2.07. The predicted molar refractivity (Wildman–Crippen MR) is 58.3 cm³/mol. The lowest BCUT2D eigenvalue weighted by molar-refractivity contribution is 0.907. The molecule has 14 heavy (non-hydrogen) atoms. The van der Waals surface area contributed by atoms with E-state index in [-0.39, 0.29) is 5.56 Å². The van der Waals surface area contributed by atoms with Crippen LogP contribution in [-0.2, 0) is 7.05 Å². The van der Waals surface area contributed by atoms with E-state index >= 15 is 0 Å². The van der Waals surface area contributed by atoms with Crippen molar-refractivity contribution >= 4 is 16.6 Å². The van der Waals surface area contributed by atoms with Crippen LogP contribution in [0.15, 0.2) is 29.1 Å². The van der Waals surface area contributed by atoms with Gasteiger partial charge >= 0.3 is 0 Å². The van der Waals surface area contributed by atoms with E-state index in [1.54, 1.807) is 11.6 Å². The fraction of sp³-hybridized carbons (Fsp3) is 0.182. The van der Waals surface area contributed by atoms with Gasteiger partial charge in [0.2, 0.25) is 0 Å². The molecule has 1 aromatic carbocycles. The number of hydrogen-bond acceptors (Lipinski definition) is 2. The molecule has 0 spiro atoms. The number of hydrogen-bond donors (Lipinski definition) is 1. The van der Waals surface area contributed by atoms with Gasteiger partial charge in [0, 0.05) is 24.2 Å². The molecule has 1 aromatic heterocycles. The Morgan fingerprint density at radius 3 is 2.71 bits per heavy atom. The molecule has 0 saturated carbocycles. The van der Waals surface area contributed by atoms with E-state index in [0.29, 0.717) is 5.69 Å². The molecular weight excluding hydrogens is 176 g/mol. The Hall–Kier alpha value is -1.77. The van der Waals surface area contributed by atoms with Crippen LogP contribution < -0.4 is 11.3 Å². The monoisotopic (exact) mass is 188 g/mol. The van der Waals surface area contributed by atoms with Crippen LogP contribution >= 0.6 is 0 Å². The van der Waals surface area contributed by atoms with Crippen LogP contribution in [0, 0.1) is 6.92 Å². The number of nitrogens with zero attached hydrogens (tertiary/aromatic N) is 1. The van der Waals surface area contributed by atoms with Crippen LogP contribution in [0.25, 0.3) is 10.9 Å². The summed E-state index contributed by atoms with van der Waals surface area (Å²) in [6.45, 7) is 2.00. The number of nitrogen functional groups attached to an aromatic ring is 1. The van der Waals surface area contributed by atoms with Crippen molar-refractivity contribution in [2.45, 2.75) is 6.92 Å². The number of fused-ring (bicyclic) bond motifs is 1. The molecule has 2 aromatic rings. The minimum Gasteiger partial charge on any atom is -0.398 e. The quantitative estimate of drug-likeness (QED) is 0.679. The second-order valence-corrected chi connectivity index (χ2v) is 3.52. The molecule has 72 valence electrons. The Morgan fingerprint density at radius 2 is 2.00 bits per heavy atom. The molecule has 3 nitrogen and oxygen atoms in total. The smallest absolute Gasteiger partial charge is 0.252 e. The minimum atomic E-state index is -0.0705. The van der Waals surface area contributed by atoms with Gasteiger partial charge in [-0.3, -0.25) is 4.79 Å². The lowest BCUT2D eigenvalue weighted by Crippen LogP contribution is -2.16. The van der Waals surface area contributed by atoms with Crippen molar-refractivity contribution in [3.8, 4) is 0 Å². The average Bonchev–Trinajstić information content (AvgIpc) is 2.14. The highest BCUT2D eigenvalue weighted by Crippen LogP contribution is 2.19. The van der Waals surface area contributed by atoms with Crippen molar-refractivity contribution in [1.29, 1.82) is 0 Å². The molecule has 0 amide bonds. The van der Waals surface area contributed by atoms with Crippen LogP contribution in [0.1, 0.15) is 5.56 Å². The normalized spacial score (nSPS) is 10.7. The number of aromatic nitrogens is 1. The predicted octanol–water partition coefficient (Wildman–Crippen LogP) is 1.43. The van der Waals surface area contributed by atoms with Gasteiger partial charge < -0.3 is 10.3 Å². The maximum absolute atomic E-state index is 11.4. The first-order valence-electron chi connectivity index (χ1n) is 4.45. The lowest BCUT2D eigenvalue weighted by atomic mass is 10.1. The van der Waals surface area contributed by atoms with Crippen molar-refractivity contribution in [3.63, 3.8) is 0 Å². The zero-order chi connectivity index (χ0) is 10.3. The largest absolute Gasteiger partial charge is 0.398 e. The van der Waals surface area contributed by atoms with Gasteiger partial charge in [0.1, 0.15) is 0 Å². The van der Waals surface area contributed by atoms with Crippen LogP contribution in [0.5, 0.6) is 0 Å². The highest BCUT2D eigenvalue weighted by atomic mass is 16.1. The minimum absolute atomic E-state index is 0.0705. The Morgan fingerprint density at radius 1 is 1.29 bits per heavy atom. The number of aryl methyl sites for hydroxylation is 2. The summed E-state index contributed by atoms with van der Waals surface area (Å²) in [4.78, 5) is 11.4. The summed E-state index contributed by atoms with van der Waals surface area (Å²) < 4.78 is 1.60. The van der Waals surface area contributed by atoms with Gasteiger partial charge in [0.05, 0.1) is 5.52 Å². The van der Waals surface area contributed by atoms with Gasteiger partial charge in [0.15, 0.2) is 0 Å². The zero-order valence-corrected chi connectivity index (χ0v) is 8.24. The van der Waals surface area contributed by atoms with E-state index in [2.05, 4.69) is 0 Å². The summed E-state index contributed by atoms with van der Waals surface area (Å²) in [7, 11) is 1.75. The highest BCUT2D eigenvalue weighted by Gasteiger charge is 2.03. The third-order valence-corrected chi connectivity index (χ3v) is 2.43. The Bertz CT molecular complexity index is 555. The number of benzene rings is 1. The highest BCUT2D eigenvalue weighted by molar-refractivity contribution is 5.90. The molecule has 3 heteroatoms. The molecule has 0 bridgehead atoms. The number of nitrogens with two attached hydrogens (primary N) is 1. The van der Waals surface area contributed by atoms with Gasteiger partial charge in [-0.15, -0.1) is 0 Å². The second kappa shape index (κ2) is 2.87. The third kappa shape index (κ3) is 1.18. The summed E-state index contributed by atoms with van der Waals surface area (Å²) in [6.07, 6.45) is 0. The van der Waals surface area contributed by atoms with E-state index < -0.39 is 0 Å². The molecule has 0 aliphatic heterocycles. The van der Waals surface area contributed by atoms with Crippen LogP contribution in [0.4, 0.5) is 5.69 Å². The number of rotatable bonds is 0. The first-order chi connectivity index (χ1) is 6.59. The molecule has 0 aliphatic carbocycles. The first kappa shape index (κ1) is 8.81. The van der Waals surface area contributed by atoms with Crippen molar-refractivity contribution < 1.29 is 0 Å².